The normalized spacial score (nSPS) is 11.8. The van der Waals surface area contributed by atoms with Gasteiger partial charge in [-0.05, 0) is 74.9 Å². The van der Waals surface area contributed by atoms with Gasteiger partial charge in [0.1, 0.15) is 17.1 Å². The highest BCUT2D eigenvalue weighted by Crippen LogP contribution is 2.38. The molecule has 0 aliphatic carbocycles. The molecular formula is C31H37N3O7S3. The second-order valence-electron chi connectivity index (χ2n) is 10.3. The number of esters is 1. The van der Waals surface area contributed by atoms with Gasteiger partial charge in [-0.2, -0.15) is 0 Å². The zero-order valence-electron chi connectivity index (χ0n) is 25.4. The molecule has 13 heteroatoms. The number of hydrogen-bond donors (Lipinski definition) is 1. The molecule has 0 atom stereocenters. The van der Waals surface area contributed by atoms with Crippen LogP contribution in [0.4, 0.5) is 0 Å². The van der Waals surface area contributed by atoms with Crippen LogP contribution < -0.4 is 20.7 Å². The molecule has 2 aromatic carbocycles. The van der Waals surface area contributed by atoms with Crippen molar-refractivity contribution in [2.75, 3.05) is 19.5 Å². The number of nitrogens with zero attached hydrogens (tertiary/aromatic N) is 2. The maximum Gasteiger partial charge on any atom is 0.332 e. The quantitative estimate of drug-likeness (QED) is 0.151. The number of sulfonamides is 1. The molecule has 0 aliphatic rings. The van der Waals surface area contributed by atoms with Gasteiger partial charge in [0.15, 0.2) is 0 Å². The number of thiophene rings is 1. The minimum absolute atomic E-state index is 0.0912. The number of thioether (sulfide) groups is 1. The van der Waals surface area contributed by atoms with Crippen molar-refractivity contribution in [2.24, 2.45) is 0 Å². The fraction of sp³-hybridized carbons (Fsp3) is 0.387. The molecule has 0 aliphatic heterocycles. The van der Waals surface area contributed by atoms with Crippen molar-refractivity contribution in [3.8, 4) is 16.2 Å². The van der Waals surface area contributed by atoms with Gasteiger partial charge in [0.2, 0.25) is 10.0 Å². The zero-order chi connectivity index (χ0) is 32.0. The molecule has 4 rings (SSSR count). The van der Waals surface area contributed by atoms with E-state index < -0.39 is 39.0 Å². The lowest BCUT2D eigenvalue weighted by atomic mass is 10.1. The van der Waals surface area contributed by atoms with Gasteiger partial charge >= 0.3 is 11.7 Å². The Balaban J connectivity index is 2.02. The van der Waals surface area contributed by atoms with Crippen LogP contribution in [0.15, 0.2) is 63.0 Å². The molecule has 0 spiro atoms. The Kier molecular flexibility index (Phi) is 11.1. The summed E-state index contributed by atoms with van der Waals surface area (Å²) in [4.78, 5) is 42.5. The maximum atomic E-state index is 14.1. The summed E-state index contributed by atoms with van der Waals surface area (Å²) in [6.07, 6.45) is 2.79. The summed E-state index contributed by atoms with van der Waals surface area (Å²) in [5.41, 5.74) is 0.673. The first-order valence-corrected chi connectivity index (χ1v) is 17.9. The summed E-state index contributed by atoms with van der Waals surface area (Å²) in [7, 11) is -3.70. The van der Waals surface area contributed by atoms with E-state index in [4.69, 9.17) is 9.47 Å². The third kappa shape index (κ3) is 7.28. The molecule has 44 heavy (non-hydrogen) atoms. The van der Waals surface area contributed by atoms with E-state index in [2.05, 4.69) is 4.72 Å². The Morgan fingerprint density at radius 1 is 1.05 bits per heavy atom. The minimum Gasteiger partial charge on any atom is -0.494 e. The van der Waals surface area contributed by atoms with E-state index in [1.807, 2.05) is 61.7 Å². The molecule has 0 fully saturated rings. The lowest BCUT2D eigenvalue weighted by molar-refractivity contribution is -0.143. The zero-order valence-corrected chi connectivity index (χ0v) is 27.9. The molecular weight excluding hydrogens is 623 g/mol. The number of fused-ring (bicyclic) bond motifs is 1. The standard InChI is InChI=1S/C31H37N3O7S3/c1-6-16-41-23-14-12-21(13-15-23)28-24(17-32-44(38,39)20(3)4)27-29(36)33(19-26(35)40-7-2)31(37)34(30(27)43-28)18-22-10-8-9-11-25(22)42-5/h8-15,20,32H,6-7,16-19H2,1-5H3. The van der Waals surface area contributed by atoms with Crippen molar-refractivity contribution in [1.29, 1.82) is 0 Å². The monoisotopic (exact) mass is 659 g/mol. The number of carbonyl (C=O) groups is 1. The van der Waals surface area contributed by atoms with Crippen molar-refractivity contribution in [2.45, 2.75) is 63.9 Å². The van der Waals surface area contributed by atoms with Gasteiger partial charge in [-0.3, -0.25) is 14.2 Å². The first kappa shape index (κ1) is 33.5. The Hall–Kier alpha value is -3.39. The van der Waals surface area contributed by atoms with E-state index >= 15 is 0 Å². The number of rotatable bonds is 14. The number of carbonyl (C=O) groups excluding carboxylic acids is 1. The Morgan fingerprint density at radius 2 is 1.75 bits per heavy atom. The number of benzene rings is 2. The van der Waals surface area contributed by atoms with Gasteiger partial charge in [-0.1, -0.05) is 25.1 Å². The van der Waals surface area contributed by atoms with Crippen molar-refractivity contribution < 1.29 is 22.7 Å². The lowest BCUT2D eigenvalue weighted by Gasteiger charge is -2.14. The highest BCUT2D eigenvalue weighted by atomic mass is 32.2. The van der Waals surface area contributed by atoms with Crippen LogP contribution in [-0.2, 0) is 39.2 Å². The number of nitrogens with one attached hydrogen (secondary N) is 1. The minimum atomic E-state index is -3.70. The van der Waals surface area contributed by atoms with Crippen molar-refractivity contribution in [3.05, 3.63) is 80.5 Å². The summed E-state index contributed by atoms with van der Waals surface area (Å²) in [6, 6.07) is 15.0. The van der Waals surface area contributed by atoms with Crippen LogP contribution in [-0.4, -0.2) is 48.2 Å². The van der Waals surface area contributed by atoms with Crippen LogP contribution in [0, 0.1) is 0 Å². The van der Waals surface area contributed by atoms with Crippen molar-refractivity contribution >= 4 is 49.3 Å². The van der Waals surface area contributed by atoms with Crippen LogP contribution >= 0.6 is 23.1 Å². The number of aromatic nitrogens is 2. The van der Waals surface area contributed by atoms with Gasteiger partial charge in [0.05, 0.1) is 30.4 Å². The molecule has 4 aromatic rings. The predicted molar refractivity (Wildman–Crippen MR) is 176 cm³/mol. The van der Waals surface area contributed by atoms with Crippen LogP contribution in [0.2, 0.25) is 0 Å². The molecule has 0 saturated heterocycles. The molecule has 0 amide bonds. The fourth-order valence-electron chi connectivity index (χ4n) is 4.60. The Bertz CT molecular complexity index is 1860. The van der Waals surface area contributed by atoms with Crippen molar-refractivity contribution in [1.82, 2.24) is 13.9 Å². The van der Waals surface area contributed by atoms with Crippen LogP contribution in [0.3, 0.4) is 0 Å². The summed E-state index contributed by atoms with van der Waals surface area (Å²) in [6.45, 7) is 6.83. The first-order valence-electron chi connectivity index (χ1n) is 14.3. The average Bonchev–Trinajstić information content (AvgIpc) is 3.39. The third-order valence-electron chi connectivity index (χ3n) is 6.93. The highest BCUT2D eigenvalue weighted by molar-refractivity contribution is 7.98. The molecule has 2 aromatic heterocycles. The summed E-state index contributed by atoms with van der Waals surface area (Å²) in [5, 5.41) is -0.527. The molecule has 1 N–H and O–H groups in total. The maximum absolute atomic E-state index is 14.1. The van der Waals surface area contributed by atoms with Crippen LogP contribution in [0.25, 0.3) is 20.7 Å². The van der Waals surface area contributed by atoms with Gasteiger partial charge < -0.3 is 9.47 Å². The third-order valence-corrected chi connectivity index (χ3v) is 10.9. The van der Waals surface area contributed by atoms with Gasteiger partial charge in [-0.15, -0.1) is 23.1 Å². The SMILES string of the molecule is CCCOc1ccc(-c2sc3c(c2CNS(=O)(=O)C(C)C)c(=O)n(CC(=O)OCC)c(=O)n3Cc2ccccc2SC)cc1. The lowest BCUT2D eigenvalue weighted by Crippen LogP contribution is -2.42. The van der Waals surface area contributed by atoms with E-state index in [1.54, 1.807) is 20.8 Å². The molecule has 0 bridgehead atoms. The Labute approximate surface area is 265 Å². The van der Waals surface area contributed by atoms with E-state index in [0.717, 1.165) is 27.0 Å². The number of ether oxygens (including phenoxy) is 2. The average molecular weight is 660 g/mol. The van der Waals surface area contributed by atoms with Gasteiger partial charge in [-0.25, -0.2) is 22.5 Å². The fourth-order valence-corrected chi connectivity index (χ4v) is 7.20. The predicted octanol–water partition coefficient (Wildman–Crippen LogP) is 4.84. The molecule has 0 saturated carbocycles. The highest BCUT2D eigenvalue weighted by Gasteiger charge is 2.26. The summed E-state index contributed by atoms with van der Waals surface area (Å²) < 4.78 is 41.5. The van der Waals surface area contributed by atoms with Crippen LogP contribution in [0.1, 0.15) is 45.2 Å². The van der Waals surface area contributed by atoms with E-state index in [0.29, 0.717) is 27.6 Å². The molecule has 10 nitrogen and oxygen atoms in total. The molecule has 2 heterocycles. The second-order valence-corrected chi connectivity index (χ2v) is 14.4. The smallest absolute Gasteiger partial charge is 0.332 e. The van der Waals surface area contributed by atoms with Crippen LogP contribution in [0.5, 0.6) is 5.75 Å². The van der Waals surface area contributed by atoms with Crippen molar-refractivity contribution in [3.63, 3.8) is 0 Å². The molecule has 0 unspecified atom stereocenters. The topological polar surface area (TPSA) is 126 Å². The number of hydrogen-bond acceptors (Lipinski definition) is 9. The summed E-state index contributed by atoms with van der Waals surface area (Å²) >= 11 is 2.77. The summed E-state index contributed by atoms with van der Waals surface area (Å²) in [5.74, 6) is -0.0385. The van der Waals surface area contributed by atoms with E-state index in [1.165, 1.54) is 27.7 Å². The van der Waals surface area contributed by atoms with Gasteiger partial charge in [0, 0.05) is 21.9 Å². The largest absolute Gasteiger partial charge is 0.494 e. The van der Waals surface area contributed by atoms with E-state index in [9.17, 15) is 22.8 Å². The second kappa shape index (κ2) is 14.6. The molecule has 236 valence electrons. The van der Waals surface area contributed by atoms with Gasteiger partial charge in [0.25, 0.3) is 5.56 Å². The van der Waals surface area contributed by atoms with E-state index in [-0.39, 0.29) is 25.1 Å². The Morgan fingerprint density at radius 3 is 2.39 bits per heavy atom. The first-order chi connectivity index (χ1) is 21.0. The molecule has 0 radical (unpaired) electrons.